The van der Waals surface area contributed by atoms with Gasteiger partial charge in [0.05, 0.1) is 13.2 Å². The molecule has 1 rings (SSSR count). The average molecular weight is 431 g/mol. The first-order valence-electron chi connectivity index (χ1n) is 10.5. The van der Waals surface area contributed by atoms with Gasteiger partial charge in [0.2, 0.25) is 0 Å². The molecule has 1 heterocycles. The fourth-order valence-corrected chi connectivity index (χ4v) is 3.69. The van der Waals surface area contributed by atoms with E-state index in [0.717, 1.165) is 12.8 Å². The van der Waals surface area contributed by atoms with E-state index < -0.39 is 39.0 Å². The second-order valence-corrected chi connectivity index (χ2v) is 14.6. The lowest BCUT2D eigenvalue weighted by Gasteiger charge is -2.42. The van der Waals surface area contributed by atoms with Gasteiger partial charge in [0, 0.05) is 0 Å². The van der Waals surface area contributed by atoms with Gasteiger partial charge in [-0.1, -0.05) is 44.1 Å². The molecule has 0 aliphatic carbocycles. The maximum Gasteiger partial charge on any atom is 0.192 e. The highest BCUT2D eigenvalue weighted by Crippen LogP contribution is 2.37. The fraction of sp³-hybridized carbons (Fsp3) is 0.818. The zero-order valence-corrected chi connectivity index (χ0v) is 20.4. The number of allylic oxidation sites excluding steroid dienone is 3. The third-order valence-electron chi connectivity index (χ3n) is 5.87. The van der Waals surface area contributed by atoms with Crippen molar-refractivity contribution in [2.45, 2.75) is 103 Å². The molecule has 7 heteroatoms. The summed E-state index contributed by atoms with van der Waals surface area (Å²) in [6.07, 6.45) is 0.412. The van der Waals surface area contributed by atoms with Crippen LogP contribution in [0.2, 0.25) is 18.1 Å². The maximum atomic E-state index is 10.3. The molecule has 0 aromatic heterocycles. The van der Waals surface area contributed by atoms with E-state index in [0.29, 0.717) is 0 Å². The van der Waals surface area contributed by atoms with Crippen LogP contribution in [0.1, 0.15) is 54.4 Å². The summed E-state index contributed by atoms with van der Waals surface area (Å²) in [4.78, 5) is 0. The second kappa shape index (κ2) is 11.2. The molecule has 29 heavy (non-hydrogen) atoms. The molecule has 0 spiro atoms. The minimum Gasteiger partial charge on any atom is -0.414 e. The van der Waals surface area contributed by atoms with Crippen LogP contribution in [0.5, 0.6) is 0 Å². The Hall–Kier alpha value is -0.543. The fourth-order valence-electron chi connectivity index (χ4n) is 2.67. The van der Waals surface area contributed by atoms with Crippen LogP contribution in [0.4, 0.5) is 0 Å². The molecule has 0 bridgehead atoms. The Labute approximate surface area is 177 Å². The molecule has 1 aliphatic rings. The molecule has 3 N–H and O–H groups in total. The highest BCUT2D eigenvalue weighted by atomic mass is 28.4. The Morgan fingerprint density at radius 3 is 2.17 bits per heavy atom. The number of rotatable bonds is 9. The highest BCUT2D eigenvalue weighted by molar-refractivity contribution is 6.74. The molecule has 1 saturated heterocycles. The number of hydrogen-bond donors (Lipinski definition) is 3. The van der Waals surface area contributed by atoms with Crippen LogP contribution in [0, 0.1) is 0 Å². The first kappa shape index (κ1) is 26.5. The predicted molar refractivity (Wildman–Crippen MR) is 118 cm³/mol. The first-order chi connectivity index (χ1) is 13.3. The molecule has 0 aromatic rings. The standard InChI is InChI=1S/C22H42O6Si/c1-15(2)10-9-11-16(3)12-13-26-21-20(25)19(24)18(23)17(28-21)14-27-29(7,8)22(4,5)6/h10,12,17-21,23-25H,9,11,13-14H2,1-8H3/b16-12+/t17-,18-,19+,20-,21-/m1/s1. The lowest BCUT2D eigenvalue weighted by molar-refractivity contribution is -0.297. The molecule has 0 amide bonds. The number of ether oxygens (including phenoxy) is 2. The molecular formula is C22H42O6Si. The summed E-state index contributed by atoms with van der Waals surface area (Å²) in [7, 11) is -2.03. The van der Waals surface area contributed by atoms with E-state index >= 15 is 0 Å². The van der Waals surface area contributed by atoms with Crippen molar-refractivity contribution in [3.8, 4) is 0 Å². The van der Waals surface area contributed by atoms with Gasteiger partial charge in [-0.15, -0.1) is 0 Å². The summed E-state index contributed by atoms with van der Waals surface area (Å²) in [6.45, 7) is 17.2. The lowest BCUT2D eigenvalue weighted by atomic mass is 9.99. The van der Waals surface area contributed by atoms with E-state index in [4.69, 9.17) is 13.9 Å². The third-order valence-corrected chi connectivity index (χ3v) is 10.4. The van der Waals surface area contributed by atoms with Crippen LogP contribution < -0.4 is 0 Å². The van der Waals surface area contributed by atoms with Crippen molar-refractivity contribution in [2.75, 3.05) is 13.2 Å². The van der Waals surface area contributed by atoms with Crippen LogP contribution >= 0.6 is 0 Å². The van der Waals surface area contributed by atoms with Gasteiger partial charge in [-0.25, -0.2) is 0 Å². The summed E-state index contributed by atoms with van der Waals surface area (Å²) in [5, 5.41) is 30.8. The van der Waals surface area contributed by atoms with Crippen molar-refractivity contribution in [2.24, 2.45) is 0 Å². The zero-order chi connectivity index (χ0) is 22.4. The molecule has 0 unspecified atom stereocenters. The first-order valence-corrected chi connectivity index (χ1v) is 13.4. The Morgan fingerprint density at radius 1 is 1.00 bits per heavy atom. The van der Waals surface area contributed by atoms with Gasteiger partial charge in [-0.05, 0) is 51.7 Å². The quantitative estimate of drug-likeness (QED) is 0.383. The van der Waals surface area contributed by atoms with E-state index in [-0.39, 0.29) is 18.3 Å². The Morgan fingerprint density at radius 2 is 1.62 bits per heavy atom. The normalized spacial score (nSPS) is 29.1. The Balaban J connectivity index is 2.64. The zero-order valence-electron chi connectivity index (χ0n) is 19.4. The smallest absolute Gasteiger partial charge is 0.192 e. The summed E-state index contributed by atoms with van der Waals surface area (Å²) >= 11 is 0. The third kappa shape index (κ3) is 8.24. The molecule has 170 valence electrons. The largest absolute Gasteiger partial charge is 0.414 e. The predicted octanol–water partition coefficient (Wildman–Crippen LogP) is 3.53. The van der Waals surface area contributed by atoms with Crippen molar-refractivity contribution in [3.05, 3.63) is 23.3 Å². The van der Waals surface area contributed by atoms with Gasteiger partial charge in [-0.3, -0.25) is 0 Å². The van der Waals surface area contributed by atoms with Gasteiger partial charge < -0.3 is 29.2 Å². The monoisotopic (exact) mass is 430 g/mol. The summed E-state index contributed by atoms with van der Waals surface area (Å²) in [5.41, 5.74) is 2.48. The molecule has 6 nitrogen and oxygen atoms in total. The number of aliphatic hydroxyl groups excluding tert-OH is 3. The van der Waals surface area contributed by atoms with Gasteiger partial charge in [0.25, 0.3) is 0 Å². The van der Waals surface area contributed by atoms with Crippen LogP contribution in [0.3, 0.4) is 0 Å². The molecule has 0 saturated carbocycles. The lowest BCUT2D eigenvalue weighted by Crippen LogP contribution is -2.60. The van der Waals surface area contributed by atoms with Gasteiger partial charge in [0.15, 0.2) is 14.6 Å². The molecular weight excluding hydrogens is 388 g/mol. The van der Waals surface area contributed by atoms with E-state index in [2.05, 4.69) is 53.8 Å². The summed E-state index contributed by atoms with van der Waals surface area (Å²) < 4.78 is 17.6. The average Bonchev–Trinajstić information content (AvgIpc) is 2.59. The van der Waals surface area contributed by atoms with Crippen molar-refractivity contribution in [3.63, 3.8) is 0 Å². The molecule has 0 aromatic carbocycles. The van der Waals surface area contributed by atoms with Crippen molar-refractivity contribution < 1.29 is 29.2 Å². The van der Waals surface area contributed by atoms with E-state index in [1.807, 2.05) is 13.0 Å². The summed E-state index contributed by atoms with van der Waals surface area (Å²) in [5.74, 6) is 0. The van der Waals surface area contributed by atoms with Crippen LogP contribution in [0.15, 0.2) is 23.3 Å². The van der Waals surface area contributed by atoms with Crippen LogP contribution in [0.25, 0.3) is 0 Å². The molecule has 0 radical (unpaired) electrons. The maximum absolute atomic E-state index is 10.3. The van der Waals surface area contributed by atoms with Gasteiger partial charge in [-0.2, -0.15) is 0 Å². The van der Waals surface area contributed by atoms with Crippen molar-refractivity contribution >= 4 is 8.32 Å². The molecule has 1 aliphatic heterocycles. The number of aliphatic hydroxyl groups is 3. The van der Waals surface area contributed by atoms with Crippen LogP contribution in [-0.2, 0) is 13.9 Å². The second-order valence-electron chi connectivity index (χ2n) is 9.79. The Bertz CT molecular complexity index is 562. The molecule has 5 atom stereocenters. The number of hydrogen-bond acceptors (Lipinski definition) is 6. The van der Waals surface area contributed by atoms with E-state index in [1.165, 1.54) is 11.1 Å². The van der Waals surface area contributed by atoms with Crippen molar-refractivity contribution in [1.82, 2.24) is 0 Å². The highest BCUT2D eigenvalue weighted by Gasteiger charge is 2.46. The van der Waals surface area contributed by atoms with E-state index in [1.54, 1.807) is 0 Å². The SMILES string of the molecule is CC(C)=CCC/C(C)=C/CO[C@@H]1O[C@H](CO[Si](C)(C)C(C)(C)C)[C@@H](O)[C@H](O)[C@H]1O. The molecule has 1 fully saturated rings. The van der Waals surface area contributed by atoms with Gasteiger partial charge >= 0.3 is 0 Å². The van der Waals surface area contributed by atoms with E-state index in [9.17, 15) is 15.3 Å². The van der Waals surface area contributed by atoms with Crippen molar-refractivity contribution in [1.29, 1.82) is 0 Å². The minimum absolute atomic E-state index is 0.0223. The minimum atomic E-state index is -2.03. The van der Waals surface area contributed by atoms with Crippen LogP contribution in [-0.4, -0.2) is 67.6 Å². The topological polar surface area (TPSA) is 88.4 Å². The Kier molecular flexibility index (Phi) is 10.2. The summed E-state index contributed by atoms with van der Waals surface area (Å²) in [6, 6.07) is 0. The van der Waals surface area contributed by atoms with Gasteiger partial charge in [0.1, 0.15) is 24.4 Å².